The van der Waals surface area contributed by atoms with Crippen LogP contribution >= 0.6 is 7.82 Å². The van der Waals surface area contributed by atoms with Crippen LogP contribution in [0.15, 0.2) is 0 Å². The average molecular weight is 638 g/mol. The molecule has 0 saturated heterocycles. The number of aliphatic hydroxyl groups is 1. The summed E-state index contributed by atoms with van der Waals surface area (Å²) in [6.45, 7) is 2.15. The molecule has 12 heteroatoms. The summed E-state index contributed by atoms with van der Waals surface area (Å²) in [5.74, 6) is -2.42. The molecule has 0 heterocycles. The molecule has 3 atom stereocenters. The molecule has 3 unspecified atom stereocenters. The lowest BCUT2D eigenvalue weighted by atomic mass is 10.0. The number of nitrogens with one attached hydrogen (secondary N) is 1. The maximum Gasteiger partial charge on any atom is 0.472 e. The number of carboxylic acids is 1. The highest BCUT2D eigenvalue weighted by molar-refractivity contribution is 7.47. The number of aliphatic hydroxyl groups excluding tert-OH is 1. The molecule has 1 amide bonds. The van der Waals surface area contributed by atoms with Crippen molar-refractivity contribution in [2.45, 2.75) is 161 Å². The number of carbonyl (C=O) groups excluding carboxylic acids is 2. The Balaban J connectivity index is 3.84. The van der Waals surface area contributed by atoms with E-state index >= 15 is 0 Å². The van der Waals surface area contributed by atoms with Gasteiger partial charge in [-0.2, -0.15) is 0 Å². The normalized spacial score (nSPS) is 14.1. The molecule has 0 spiro atoms. The largest absolute Gasteiger partial charge is 0.480 e. The Morgan fingerprint density at radius 3 is 1.53 bits per heavy atom. The molecule has 0 rings (SSSR count). The molecule has 0 aliphatic rings. The number of phosphoric ester groups is 1. The SMILES string of the molecule is CCCCCCCCCCCCCCCCCCCCC(=O)NC(COP(=O)(O)OCC(O)COC(=O)CCC)C(=O)O. The van der Waals surface area contributed by atoms with Crippen LogP contribution in [0.3, 0.4) is 0 Å². The number of hydrogen-bond acceptors (Lipinski definition) is 8. The summed E-state index contributed by atoms with van der Waals surface area (Å²) >= 11 is 0. The van der Waals surface area contributed by atoms with E-state index in [2.05, 4.69) is 21.3 Å². The predicted octanol–water partition coefficient (Wildman–Crippen LogP) is 6.83. The second kappa shape index (κ2) is 28.0. The van der Waals surface area contributed by atoms with Gasteiger partial charge in [-0.15, -0.1) is 0 Å². The second-order valence-electron chi connectivity index (χ2n) is 11.4. The van der Waals surface area contributed by atoms with Gasteiger partial charge in [0.25, 0.3) is 0 Å². The lowest BCUT2D eigenvalue weighted by molar-refractivity contribution is -0.147. The number of ether oxygens (including phenoxy) is 1. The Morgan fingerprint density at radius 1 is 0.651 bits per heavy atom. The molecule has 0 radical (unpaired) electrons. The van der Waals surface area contributed by atoms with Crippen LogP contribution in [0, 0.1) is 0 Å². The van der Waals surface area contributed by atoms with Crippen molar-refractivity contribution in [1.82, 2.24) is 5.32 Å². The van der Waals surface area contributed by atoms with Gasteiger partial charge in [0, 0.05) is 12.8 Å². The van der Waals surface area contributed by atoms with Crippen LogP contribution in [0.4, 0.5) is 0 Å². The van der Waals surface area contributed by atoms with Gasteiger partial charge in [-0.25, -0.2) is 9.36 Å². The standard InChI is InChI=1S/C31H60NO10P/c1-3-5-6-7-8-9-10-11-12-13-14-15-16-17-18-19-20-21-23-29(34)32-28(31(36)37)26-42-43(38,39)41-25-27(33)24-40-30(35)22-4-2/h27-28,33H,3-26H2,1-2H3,(H,32,34)(H,36,37)(H,38,39). The quantitative estimate of drug-likeness (QED) is 0.0359. The Hall–Kier alpha value is -1.52. The summed E-state index contributed by atoms with van der Waals surface area (Å²) < 4.78 is 26.1. The van der Waals surface area contributed by atoms with Gasteiger partial charge in [0.05, 0.1) is 13.2 Å². The Morgan fingerprint density at radius 2 is 1.09 bits per heavy atom. The first-order valence-electron chi connectivity index (χ1n) is 16.6. The molecule has 43 heavy (non-hydrogen) atoms. The van der Waals surface area contributed by atoms with E-state index in [1.54, 1.807) is 6.92 Å². The van der Waals surface area contributed by atoms with Crippen molar-refractivity contribution < 1.29 is 47.8 Å². The number of esters is 1. The molecule has 0 saturated carbocycles. The third-order valence-electron chi connectivity index (χ3n) is 7.12. The Kier molecular flexibility index (Phi) is 27.0. The van der Waals surface area contributed by atoms with Crippen LogP contribution in [0.1, 0.15) is 149 Å². The molecule has 254 valence electrons. The van der Waals surface area contributed by atoms with E-state index in [1.807, 2.05) is 0 Å². The van der Waals surface area contributed by atoms with Crippen LogP contribution in [-0.4, -0.2) is 64.9 Å². The lowest BCUT2D eigenvalue weighted by Crippen LogP contribution is -2.43. The van der Waals surface area contributed by atoms with Gasteiger partial charge in [0.1, 0.15) is 12.7 Å². The van der Waals surface area contributed by atoms with Crippen molar-refractivity contribution in [2.24, 2.45) is 0 Å². The van der Waals surface area contributed by atoms with Gasteiger partial charge in [0.2, 0.25) is 5.91 Å². The number of aliphatic carboxylic acids is 1. The van der Waals surface area contributed by atoms with Crippen LogP contribution in [-0.2, 0) is 32.7 Å². The predicted molar refractivity (Wildman–Crippen MR) is 167 cm³/mol. The molecular formula is C31H60NO10P. The molecule has 11 nitrogen and oxygen atoms in total. The van der Waals surface area contributed by atoms with E-state index in [9.17, 15) is 34.1 Å². The summed E-state index contributed by atoms with van der Waals surface area (Å²) in [6, 6.07) is -1.54. The molecule has 0 bridgehead atoms. The molecule has 0 aromatic carbocycles. The number of phosphoric acid groups is 1. The minimum atomic E-state index is -4.72. The molecule has 0 aliphatic heterocycles. The number of amides is 1. The first-order chi connectivity index (χ1) is 20.6. The van der Waals surface area contributed by atoms with E-state index in [0.717, 1.165) is 19.3 Å². The van der Waals surface area contributed by atoms with Crippen molar-refractivity contribution in [3.63, 3.8) is 0 Å². The first-order valence-corrected chi connectivity index (χ1v) is 18.1. The number of carboxylic acid groups (broad SMARTS) is 1. The first kappa shape index (κ1) is 41.5. The van der Waals surface area contributed by atoms with Crippen LogP contribution < -0.4 is 5.32 Å². The molecular weight excluding hydrogens is 577 g/mol. The average Bonchev–Trinajstić information content (AvgIpc) is 2.96. The topological polar surface area (TPSA) is 169 Å². The van der Waals surface area contributed by atoms with Crippen molar-refractivity contribution in [3.8, 4) is 0 Å². The fourth-order valence-electron chi connectivity index (χ4n) is 4.53. The van der Waals surface area contributed by atoms with E-state index < -0.39 is 57.6 Å². The molecule has 0 aromatic rings. The summed E-state index contributed by atoms with van der Waals surface area (Å²) in [5.41, 5.74) is 0. The van der Waals surface area contributed by atoms with E-state index in [4.69, 9.17) is 4.74 Å². The molecule has 4 N–H and O–H groups in total. The molecule has 0 aliphatic carbocycles. The van der Waals surface area contributed by atoms with Crippen LogP contribution in [0.2, 0.25) is 0 Å². The van der Waals surface area contributed by atoms with Gasteiger partial charge in [-0.05, 0) is 12.8 Å². The number of rotatable bonds is 31. The second-order valence-corrected chi connectivity index (χ2v) is 12.8. The van der Waals surface area contributed by atoms with Gasteiger partial charge < -0.3 is 25.2 Å². The maximum absolute atomic E-state index is 12.2. The minimum absolute atomic E-state index is 0.152. The summed E-state index contributed by atoms with van der Waals surface area (Å²) in [4.78, 5) is 44.7. The number of carbonyl (C=O) groups is 3. The Labute approximate surface area is 259 Å². The zero-order valence-electron chi connectivity index (χ0n) is 26.8. The van der Waals surface area contributed by atoms with Crippen molar-refractivity contribution in [2.75, 3.05) is 19.8 Å². The third-order valence-corrected chi connectivity index (χ3v) is 8.07. The summed E-state index contributed by atoms with van der Waals surface area (Å²) in [6.07, 6.45) is 21.8. The van der Waals surface area contributed by atoms with E-state index in [1.165, 1.54) is 89.9 Å². The summed E-state index contributed by atoms with van der Waals surface area (Å²) in [5, 5.41) is 21.4. The minimum Gasteiger partial charge on any atom is -0.480 e. The highest BCUT2D eigenvalue weighted by Gasteiger charge is 2.28. The number of hydrogen-bond donors (Lipinski definition) is 4. The zero-order valence-corrected chi connectivity index (χ0v) is 27.7. The van der Waals surface area contributed by atoms with Gasteiger partial charge in [-0.1, -0.05) is 123 Å². The highest BCUT2D eigenvalue weighted by Crippen LogP contribution is 2.43. The third kappa shape index (κ3) is 27.7. The summed E-state index contributed by atoms with van der Waals surface area (Å²) in [7, 11) is -4.72. The van der Waals surface area contributed by atoms with E-state index in [0.29, 0.717) is 12.8 Å². The fraction of sp³-hybridized carbons (Fsp3) is 0.903. The van der Waals surface area contributed by atoms with Crippen LogP contribution in [0.25, 0.3) is 0 Å². The molecule has 0 fully saturated rings. The van der Waals surface area contributed by atoms with Gasteiger partial charge in [0.15, 0.2) is 6.04 Å². The highest BCUT2D eigenvalue weighted by atomic mass is 31.2. The fourth-order valence-corrected chi connectivity index (χ4v) is 5.30. The van der Waals surface area contributed by atoms with Crippen LogP contribution in [0.5, 0.6) is 0 Å². The number of unbranched alkanes of at least 4 members (excludes halogenated alkanes) is 17. The zero-order chi connectivity index (χ0) is 32.2. The smallest absolute Gasteiger partial charge is 0.472 e. The Bertz CT molecular complexity index is 767. The maximum atomic E-state index is 12.2. The van der Waals surface area contributed by atoms with Crippen molar-refractivity contribution >= 4 is 25.7 Å². The van der Waals surface area contributed by atoms with Crippen molar-refractivity contribution in [1.29, 1.82) is 0 Å². The van der Waals surface area contributed by atoms with Crippen molar-refractivity contribution in [3.05, 3.63) is 0 Å². The monoisotopic (exact) mass is 637 g/mol. The van der Waals surface area contributed by atoms with Gasteiger partial charge in [-0.3, -0.25) is 18.6 Å². The van der Waals surface area contributed by atoms with Gasteiger partial charge >= 0.3 is 19.8 Å². The lowest BCUT2D eigenvalue weighted by Gasteiger charge is -2.18. The molecule has 0 aromatic heterocycles. The van der Waals surface area contributed by atoms with E-state index in [-0.39, 0.29) is 12.8 Å².